The monoisotopic (exact) mass is 635 g/mol. The number of hydrogen-bond acceptors (Lipinski definition) is 16. The fraction of sp³-hybridized carbons (Fsp3) is 1.00. The Labute approximate surface area is 244 Å². The fourth-order valence-corrected chi connectivity index (χ4v) is 6.27. The van der Waals surface area contributed by atoms with Crippen LogP contribution in [0.3, 0.4) is 0 Å². The Morgan fingerprint density at radius 2 is 1.29 bits per heavy atom. The van der Waals surface area contributed by atoms with Gasteiger partial charge >= 0.3 is 10.3 Å². The number of ether oxygens (including phenoxy) is 7. The minimum Gasteiger partial charge on any atom is -0.394 e. The maximum absolute atomic E-state index is 11.5. The van der Waals surface area contributed by atoms with Crippen LogP contribution in [-0.2, 0) is 43.5 Å². The summed E-state index contributed by atoms with van der Waals surface area (Å²) in [6.07, 6.45) is -13.5. The van der Waals surface area contributed by atoms with Crippen molar-refractivity contribution in [3.8, 4) is 0 Å². The van der Waals surface area contributed by atoms with Crippen LogP contribution in [0, 0.1) is 5.92 Å². The summed E-state index contributed by atoms with van der Waals surface area (Å²) in [5.74, 6) is -0.235. The third kappa shape index (κ3) is 7.93. The molecule has 0 aromatic heterocycles. The molecule has 42 heavy (non-hydrogen) atoms. The SMILES string of the molecule is CCOC1OC(CO)C(OC2OC(CO)C(OC3OC(CO)C(CC)C(OC)C3N)C(O)C2N)C(O)C1NS(=O)(=O)O. The molecule has 15 atom stereocenters. The van der Waals surface area contributed by atoms with Crippen LogP contribution in [0.25, 0.3) is 0 Å². The molecule has 15 unspecified atom stereocenters. The largest absolute Gasteiger partial charge is 0.394 e. The molecule has 3 heterocycles. The first-order valence-corrected chi connectivity index (χ1v) is 15.2. The highest BCUT2D eigenvalue weighted by molar-refractivity contribution is 7.83. The van der Waals surface area contributed by atoms with Gasteiger partial charge in [0.05, 0.1) is 44.1 Å². The Balaban J connectivity index is 1.78. The zero-order valence-corrected chi connectivity index (χ0v) is 24.4. The molecular formula is C23H45N3O15S. The number of rotatable bonds is 13. The molecule has 0 aromatic carbocycles. The van der Waals surface area contributed by atoms with Crippen molar-refractivity contribution in [3.05, 3.63) is 0 Å². The Hall–Kier alpha value is -0.690. The molecule has 0 spiro atoms. The molecule has 0 aliphatic carbocycles. The van der Waals surface area contributed by atoms with E-state index in [1.54, 1.807) is 11.6 Å². The molecule has 11 N–H and O–H groups in total. The minimum absolute atomic E-state index is 0.0325. The topological polar surface area (TPSA) is 284 Å². The molecule has 3 aliphatic heterocycles. The van der Waals surface area contributed by atoms with Crippen molar-refractivity contribution in [1.82, 2.24) is 4.72 Å². The van der Waals surface area contributed by atoms with Crippen LogP contribution in [0.4, 0.5) is 0 Å². The second kappa shape index (κ2) is 15.5. The highest BCUT2D eigenvalue weighted by Crippen LogP contribution is 2.34. The lowest BCUT2D eigenvalue weighted by Gasteiger charge is -2.49. The van der Waals surface area contributed by atoms with Crippen LogP contribution in [0.2, 0.25) is 0 Å². The van der Waals surface area contributed by atoms with Crippen LogP contribution in [0.1, 0.15) is 20.3 Å². The van der Waals surface area contributed by atoms with E-state index in [1.165, 1.54) is 7.11 Å². The zero-order valence-electron chi connectivity index (χ0n) is 23.6. The third-order valence-electron chi connectivity index (χ3n) is 7.78. The molecule has 0 radical (unpaired) electrons. The Morgan fingerprint density at radius 1 is 0.786 bits per heavy atom. The molecule has 0 saturated carbocycles. The summed E-state index contributed by atoms with van der Waals surface area (Å²) in [4.78, 5) is 0. The van der Waals surface area contributed by atoms with Gasteiger partial charge in [-0.05, 0) is 13.3 Å². The maximum Gasteiger partial charge on any atom is 0.333 e. The summed E-state index contributed by atoms with van der Waals surface area (Å²) in [6, 6.07) is -3.80. The molecule has 3 saturated heterocycles. The first-order valence-electron chi connectivity index (χ1n) is 13.7. The summed E-state index contributed by atoms with van der Waals surface area (Å²) >= 11 is 0. The van der Waals surface area contributed by atoms with Crippen LogP contribution >= 0.6 is 0 Å². The van der Waals surface area contributed by atoms with Crippen molar-refractivity contribution in [2.24, 2.45) is 17.4 Å². The van der Waals surface area contributed by atoms with Crippen LogP contribution < -0.4 is 16.2 Å². The van der Waals surface area contributed by atoms with E-state index >= 15 is 0 Å². The van der Waals surface area contributed by atoms with E-state index in [-0.39, 0.29) is 19.1 Å². The molecule has 0 bridgehead atoms. The van der Waals surface area contributed by atoms with Crippen molar-refractivity contribution < 1.29 is 71.7 Å². The summed E-state index contributed by atoms with van der Waals surface area (Å²) < 4.78 is 74.0. The molecule has 18 nitrogen and oxygen atoms in total. The molecule has 3 aliphatic rings. The summed E-state index contributed by atoms with van der Waals surface area (Å²) in [5.41, 5.74) is 12.6. The van der Waals surface area contributed by atoms with E-state index in [1.807, 2.05) is 6.92 Å². The summed E-state index contributed by atoms with van der Waals surface area (Å²) in [5, 5.41) is 52.0. The zero-order chi connectivity index (χ0) is 31.4. The van der Waals surface area contributed by atoms with E-state index in [0.29, 0.717) is 6.42 Å². The Kier molecular flexibility index (Phi) is 13.2. The van der Waals surface area contributed by atoms with Crippen LogP contribution in [0.5, 0.6) is 0 Å². The molecule has 0 amide bonds. The Morgan fingerprint density at radius 3 is 1.76 bits per heavy atom. The molecule has 19 heteroatoms. The lowest BCUT2D eigenvalue weighted by Crippen LogP contribution is -2.69. The van der Waals surface area contributed by atoms with Gasteiger partial charge in [-0.25, -0.2) is 0 Å². The van der Waals surface area contributed by atoms with Gasteiger partial charge in [-0.2, -0.15) is 13.1 Å². The summed E-state index contributed by atoms with van der Waals surface area (Å²) in [6.45, 7) is 1.74. The van der Waals surface area contributed by atoms with Crippen molar-refractivity contribution in [3.63, 3.8) is 0 Å². The number of nitrogens with one attached hydrogen (secondary N) is 1. The number of aliphatic hydroxyl groups is 5. The molecule has 248 valence electrons. The second-order valence-electron chi connectivity index (χ2n) is 10.4. The van der Waals surface area contributed by atoms with Gasteiger partial charge in [0, 0.05) is 19.6 Å². The average molecular weight is 636 g/mol. The highest BCUT2D eigenvalue weighted by atomic mass is 32.2. The average Bonchev–Trinajstić information content (AvgIpc) is 2.95. The first-order chi connectivity index (χ1) is 19.8. The van der Waals surface area contributed by atoms with E-state index in [4.69, 9.17) is 44.6 Å². The normalized spacial score (nSPS) is 45.2. The van der Waals surface area contributed by atoms with E-state index in [0.717, 1.165) is 0 Å². The van der Waals surface area contributed by atoms with Gasteiger partial charge in [0.1, 0.15) is 42.7 Å². The van der Waals surface area contributed by atoms with Crippen molar-refractivity contribution in [2.45, 2.75) is 106 Å². The van der Waals surface area contributed by atoms with Gasteiger partial charge in [0.25, 0.3) is 0 Å². The van der Waals surface area contributed by atoms with Gasteiger partial charge in [-0.1, -0.05) is 6.92 Å². The molecule has 3 fully saturated rings. The van der Waals surface area contributed by atoms with Crippen molar-refractivity contribution >= 4 is 10.3 Å². The van der Waals surface area contributed by atoms with E-state index in [2.05, 4.69) is 0 Å². The van der Waals surface area contributed by atoms with Gasteiger partial charge in [0.15, 0.2) is 18.9 Å². The van der Waals surface area contributed by atoms with Crippen LogP contribution in [-0.4, -0.2) is 158 Å². The summed E-state index contributed by atoms with van der Waals surface area (Å²) in [7, 11) is -3.38. The standard InChI is InChI=1S/C23H45N3O15S/c1-4-9-10(6-27)37-22(14(25)18(9)35-3)40-19-11(7-28)38-21(13(24)16(19)30)41-20-12(8-29)39-23(36-5-2)15(17(20)31)26-42(32,33)34/h9-23,26-31H,4-8,24-25H2,1-3H3,(H,32,33,34). The second-order valence-corrected chi connectivity index (χ2v) is 11.5. The number of methoxy groups -OCH3 is 1. The van der Waals surface area contributed by atoms with Crippen molar-refractivity contribution in [2.75, 3.05) is 33.5 Å². The lowest BCUT2D eigenvalue weighted by molar-refractivity contribution is -0.349. The third-order valence-corrected chi connectivity index (χ3v) is 8.35. The smallest absolute Gasteiger partial charge is 0.333 e. The lowest BCUT2D eigenvalue weighted by atomic mass is 9.86. The Bertz CT molecular complexity index is 935. The van der Waals surface area contributed by atoms with E-state index in [9.17, 15) is 38.5 Å². The van der Waals surface area contributed by atoms with E-state index < -0.39 is 109 Å². The van der Waals surface area contributed by atoms with Gasteiger partial charge in [-0.15, -0.1) is 0 Å². The number of aliphatic hydroxyl groups excluding tert-OH is 5. The number of hydrogen-bond donors (Lipinski definition) is 9. The highest BCUT2D eigenvalue weighted by Gasteiger charge is 2.53. The van der Waals surface area contributed by atoms with Crippen LogP contribution in [0.15, 0.2) is 0 Å². The van der Waals surface area contributed by atoms with Gasteiger partial charge in [0.2, 0.25) is 0 Å². The van der Waals surface area contributed by atoms with Gasteiger partial charge < -0.3 is 70.2 Å². The number of nitrogens with two attached hydrogens (primary N) is 2. The van der Waals surface area contributed by atoms with Gasteiger partial charge in [-0.3, -0.25) is 4.55 Å². The molecule has 0 aromatic rings. The van der Waals surface area contributed by atoms with Crippen molar-refractivity contribution in [1.29, 1.82) is 0 Å². The predicted molar refractivity (Wildman–Crippen MR) is 140 cm³/mol. The molecule has 3 rings (SSSR count). The maximum atomic E-state index is 11.5. The molecular weight excluding hydrogens is 590 g/mol. The predicted octanol–water partition coefficient (Wildman–Crippen LogP) is -4.88. The fourth-order valence-electron chi connectivity index (χ4n) is 5.67. The minimum atomic E-state index is -4.84. The quantitative estimate of drug-likeness (QED) is 0.0857. The first kappa shape index (κ1) is 35.8.